The zero-order valence-electron chi connectivity index (χ0n) is 8.31. The third-order valence-electron chi connectivity index (χ3n) is 2.86. The molecule has 1 N–H and O–H groups in total. The van der Waals surface area contributed by atoms with Crippen molar-refractivity contribution in [1.82, 2.24) is 20.4 Å². The van der Waals surface area contributed by atoms with Crippen molar-refractivity contribution in [1.29, 1.82) is 0 Å². The van der Waals surface area contributed by atoms with Crippen LogP contribution in [-0.2, 0) is 0 Å². The van der Waals surface area contributed by atoms with Crippen LogP contribution in [0.15, 0.2) is 16.9 Å². The van der Waals surface area contributed by atoms with Gasteiger partial charge in [0.2, 0.25) is 0 Å². The van der Waals surface area contributed by atoms with Crippen LogP contribution >= 0.6 is 0 Å². The molecule has 0 radical (unpaired) electrons. The Morgan fingerprint density at radius 2 is 2.00 bits per heavy atom. The van der Waals surface area contributed by atoms with Crippen LogP contribution in [0, 0.1) is 0 Å². The summed E-state index contributed by atoms with van der Waals surface area (Å²) in [4.78, 5) is 8.37. The summed E-state index contributed by atoms with van der Waals surface area (Å²) in [6.45, 7) is 2.08. The summed E-state index contributed by atoms with van der Waals surface area (Å²) in [5.41, 5.74) is 2.34. The minimum atomic E-state index is 0.462. The largest absolute Gasteiger partial charge is 0.334 e. The average Bonchev–Trinajstić information content (AvgIpc) is 2.74. The maximum atomic E-state index is 5.16. The van der Waals surface area contributed by atoms with Crippen molar-refractivity contribution in [3.63, 3.8) is 0 Å². The van der Waals surface area contributed by atoms with Gasteiger partial charge in [0, 0.05) is 18.3 Å². The number of rotatable bonds is 1. The molecular weight excluding hydrogens is 192 g/mol. The van der Waals surface area contributed by atoms with Crippen LogP contribution < -0.4 is 5.32 Å². The highest BCUT2D eigenvalue weighted by Gasteiger charge is 2.22. The van der Waals surface area contributed by atoms with Gasteiger partial charge >= 0.3 is 0 Å². The van der Waals surface area contributed by atoms with Gasteiger partial charge in [-0.3, -0.25) is 0 Å². The van der Waals surface area contributed by atoms with Gasteiger partial charge in [0.05, 0.1) is 0 Å². The van der Waals surface area contributed by atoms with E-state index in [-0.39, 0.29) is 0 Å². The Labute approximate surface area is 86.9 Å². The Morgan fingerprint density at radius 1 is 1.20 bits per heavy atom. The first-order valence-electron chi connectivity index (χ1n) is 5.22. The molecule has 5 heteroatoms. The highest BCUT2D eigenvalue weighted by molar-refractivity contribution is 5.70. The molecule has 0 aromatic carbocycles. The van der Waals surface area contributed by atoms with Crippen molar-refractivity contribution in [2.75, 3.05) is 13.1 Å². The third kappa shape index (κ3) is 1.48. The van der Waals surface area contributed by atoms with Crippen molar-refractivity contribution >= 4 is 11.2 Å². The molecule has 15 heavy (non-hydrogen) atoms. The fourth-order valence-electron chi connectivity index (χ4n) is 2.07. The predicted octanol–water partition coefficient (Wildman–Crippen LogP) is 1.08. The lowest BCUT2D eigenvalue weighted by Gasteiger charge is -2.20. The molecule has 1 aliphatic rings. The summed E-state index contributed by atoms with van der Waals surface area (Å²) >= 11 is 0. The zero-order valence-corrected chi connectivity index (χ0v) is 8.31. The number of hydrogen-bond acceptors (Lipinski definition) is 5. The minimum Gasteiger partial charge on any atom is -0.334 e. The van der Waals surface area contributed by atoms with Gasteiger partial charge in [-0.25, -0.2) is 9.97 Å². The molecule has 1 aliphatic heterocycles. The van der Waals surface area contributed by atoms with Gasteiger partial charge in [-0.15, -0.1) is 0 Å². The molecule has 0 amide bonds. The van der Waals surface area contributed by atoms with E-state index in [9.17, 15) is 0 Å². The summed E-state index contributed by atoms with van der Waals surface area (Å²) in [5, 5.41) is 7.42. The van der Waals surface area contributed by atoms with E-state index in [4.69, 9.17) is 4.52 Å². The molecule has 0 unspecified atom stereocenters. The van der Waals surface area contributed by atoms with E-state index < -0.39 is 0 Å². The molecule has 0 aliphatic carbocycles. The average molecular weight is 204 g/mol. The van der Waals surface area contributed by atoms with Crippen molar-refractivity contribution in [2.45, 2.75) is 18.8 Å². The van der Waals surface area contributed by atoms with Crippen molar-refractivity contribution in [3.05, 3.63) is 18.1 Å². The molecule has 0 saturated carbocycles. The maximum absolute atomic E-state index is 5.16. The standard InChI is InChI=1S/C10H12N4O/c1-3-11-4-2-7(1)8-9-10(15-14-8)13-6-5-12-9/h5-7,11H,1-4H2. The Morgan fingerprint density at radius 3 is 2.87 bits per heavy atom. The van der Waals surface area contributed by atoms with Crippen LogP contribution in [0.2, 0.25) is 0 Å². The summed E-state index contributed by atoms with van der Waals surface area (Å²) in [7, 11) is 0. The second kappa shape index (κ2) is 3.58. The van der Waals surface area contributed by atoms with Gasteiger partial charge in [0.15, 0.2) is 5.52 Å². The number of nitrogens with zero attached hydrogens (tertiary/aromatic N) is 3. The smallest absolute Gasteiger partial charge is 0.276 e. The maximum Gasteiger partial charge on any atom is 0.276 e. The number of piperidine rings is 1. The van der Waals surface area contributed by atoms with Crippen molar-refractivity contribution in [3.8, 4) is 0 Å². The van der Waals surface area contributed by atoms with Gasteiger partial charge in [-0.1, -0.05) is 5.16 Å². The van der Waals surface area contributed by atoms with Crippen molar-refractivity contribution in [2.24, 2.45) is 0 Å². The van der Waals surface area contributed by atoms with Crippen molar-refractivity contribution < 1.29 is 4.52 Å². The summed E-state index contributed by atoms with van der Waals surface area (Å²) in [6.07, 6.45) is 5.50. The first kappa shape index (κ1) is 8.79. The topological polar surface area (TPSA) is 63.8 Å². The molecule has 2 aromatic heterocycles. The van der Waals surface area contributed by atoms with E-state index in [1.807, 2.05) is 0 Å². The van der Waals surface area contributed by atoms with Gasteiger partial charge in [-0.2, -0.15) is 0 Å². The number of aromatic nitrogens is 3. The van der Waals surface area contributed by atoms with Crippen LogP contribution in [0.5, 0.6) is 0 Å². The number of nitrogens with one attached hydrogen (secondary N) is 1. The molecule has 1 fully saturated rings. The highest BCUT2D eigenvalue weighted by Crippen LogP contribution is 2.28. The third-order valence-corrected chi connectivity index (χ3v) is 2.86. The highest BCUT2D eigenvalue weighted by atomic mass is 16.5. The fourth-order valence-corrected chi connectivity index (χ4v) is 2.07. The van der Waals surface area contributed by atoms with E-state index in [1.165, 1.54) is 0 Å². The molecule has 3 rings (SSSR count). The lowest BCUT2D eigenvalue weighted by Crippen LogP contribution is -2.26. The Balaban J connectivity index is 2.02. The number of hydrogen-bond donors (Lipinski definition) is 1. The Kier molecular flexibility index (Phi) is 2.10. The molecule has 0 spiro atoms. The number of fused-ring (bicyclic) bond motifs is 1. The fraction of sp³-hybridized carbons (Fsp3) is 0.500. The molecule has 78 valence electrons. The summed E-state index contributed by atoms with van der Waals surface area (Å²) in [5.74, 6) is 0.462. The van der Waals surface area contributed by atoms with Gasteiger partial charge < -0.3 is 9.84 Å². The van der Waals surface area contributed by atoms with Crippen LogP contribution in [-0.4, -0.2) is 28.2 Å². The first-order valence-corrected chi connectivity index (χ1v) is 5.22. The quantitative estimate of drug-likeness (QED) is 0.753. The summed E-state index contributed by atoms with van der Waals surface area (Å²) in [6, 6.07) is 0. The van der Waals surface area contributed by atoms with Gasteiger partial charge in [-0.05, 0) is 25.9 Å². The van der Waals surface area contributed by atoms with Gasteiger partial charge in [0.1, 0.15) is 5.69 Å². The van der Waals surface area contributed by atoms with E-state index in [0.717, 1.165) is 37.1 Å². The Bertz CT molecular complexity index is 461. The SMILES string of the molecule is c1cnc2c(C3CCNCC3)noc2n1. The van der Waals surface area contributed by atoms with E-state index in [1.54, 1.807) is 12.4 Å². The van der Waals surface area contributed by atoms with E-state index in [2.05, 4.69) is 20.4 Å². The van der Waals surface area contributed by atoms with E-state index in [0.29, 0.717) is 11.6 Å². The minimum absolute atomic E-state index is 0.462. The second-order valence-electron chi connectivity index (χ2n) is 3.80. The monoisotopic (exact) mass is 204 g/mol. The molecule has 3 heterocycles. The van der Waals surface area contributed by atoms with Crippen LogP contribution in [0.4, 0.5) is 0 Å². The van der Waals surface area contributed by atoms with Gasteiger partial charge in [0.25, 0.3) is 5.71 Å². The summed E-state index contributed by atoms with van der Waals surface area (Å²) < 4.78 is 5.16. The zero-order chi connectivity index (χ0) is 10.1. The second-order valence-corrected chi connectivity index (χ2v) is 3.80. The molecule has 0 atom stereocenters. The van der Waals surface area contributed by atoms with E-state index >= 15 is 0 Å². The Hall–Kier alpha value is -1.49. The van der Waals surface area contributed by atoms with Crippen LogP contribution in [0.25, 0.3) is 11.2 Å². The van der Waals surface area contributed by atoms with Crippen LogP contribution in [0.3, 0.4) is 0 Å². The predicted molar refractivity (Wildman–Crippen MR) is 54.4 cm³/mol. The molecule has 5 nitrogen and oxygen atoms in total. The molecule has 0 bridgehead atoms. The molecular formula is C10H12N4O. The normalized spacial score (nSPS) is 18.4. The molecule has 2 aromatic rings. The molecule has 1 saturated heterocycles. The lowest BCUT2D eigenvalue weighted by molar-refractivity contribution is 0.401. The van der Waals surface area contributed by atoms with Crippen LogP contribution in [0.1, 0.15) is 24.5 Å². The first-order chi connectivity index (χ1) is 7.45. The lowest BCUT2D eigenvalue weighted by atomic mass is 9.94.